The number of hydrogen-bond acceptors (Lipinski definition) is 3. The Hall–Kier alpha value is -3.46. The number of hydrogen-bond donors (Lipinski definition) is 2. The van der Waals surface area contributed by atoms with Crippen molar-refractivity contribution in [1.82, 2.24) is 19.9 Å². The Morgan fingerprint density at radius 1 is 1.09 bits per heavy atom. The Morgan fingerprint density at radius 2 is 1.88 bits per heavy atom. The van der Waals surface area contributed by atoms with Crippen molar-refractivity contribution in [2.45, 2.75) is 25.7 Å². The first kappa shape index (κ1) is 20.4. The summed E-state index contributed by atoms with van der Waals surface area (Å²) in [6.07, 6.45) is -2.07. The molecule has 0 unspecified atom stereocenters. The second-order valence-electron chi connectivity index (χ2n) is 7.88. The maximum Gasteiger partial charge on any atom is 0.416 e. The maximum absolute atomic E-state index is 13.4. The number of nitrogens with one attached hydrogen (secondary N) is 2. The minimum Gasteiger partial charge on any atom is -0.361 e. The van der Waals surface area contributed by atoms with Crippen molar-refractivity contribution in [2.24, 2.45) is 0 Å². The van der Waals surface area contributed by atoms with Crippen molar-refractivity contribution in [1.29, 1.82) is 0 Å². The van der Waals surface area contributed by atoms with Gasteiger partial charge in [-0.25, -0.2) is 9.37 Å². The van der Waals surface area contributed by atoms with E-state index >= 15 is 0 Å². The minimum atomic E-state index is -4.43. The summed E-state index contributed by atoms with van der Waals surface area (Å²) < 4.78 is 51.9. The molecule has 2 aromatic heterocycles. The van der Waals surface area contributed by atoms with Crippen molar-refractivity contribution in [3.8, 4) is 11.4 Å². The summed E-state index contributed by atoms with van der Waals surface area (Å²) in [5.41, 5.74) is 2.32. The molecule has 1 aliphatic rings. The molecule has 0 fully saturated rings. The molecule has 0 saturated heterocycles. The van der Waals surface area contributed by atoms with E-state index in [0.29, 0.717) is 42.9 Å². The van der Waals surface area contributed by atoms with Crippen LogP contribution in [-0.2, 0) is 25.7 Å². The van der Waals surface area contributed by atoms with E-state index in [9.17, 15) is 22.4 Å². The number of nitrogens with zero attached hydrogens (tertiary/aromatic N) is 2. The number of fused-ring (bicyclic) bond motifs is 2. The van der Waals surface area contributed by atoms with Crippen LogP contribution in [0.2, 0.25) is 0 Å². The lowest BCUT2D eigenvalue weighted by Gasteiger charge is -2.27. The molecular formula is C23H18F4N4O. The molecule has 3 heterocycles. The third-order valence-corrected chi connectivity index (χ3v) is 5.76. The van der Waals surface area contributed by atoms with Gasteiger partial charge in [0.05, 0.1) is 11.3 Å². The van der Waals surface area contributed by atoms with Gasteiger partial charge in [-0.2, -0.15) is 13.2 Å². The van der Waals surface area contributed by atoms with Gasteiger partial charge in [-0.3, -0.25) is 9.69 Å². The van der Waals surface area contributed by atoms with Crippen molar-refractivity contribution in [3.63, 3.8) is 0 Å². The molecule has 0 spiro atoms. The molecule has 1 aliphatic heterocycles. The van der Waals surface area contributed by atoms with E-state index in [4.69, 9.17) is 0 Å². The van der Waals surface area contributed by atoms with Crippen molar-refractivity contribution >= 4 is 10.9 Å². The lowest BCUT2D eigenvalue weighted by Crippen LogP contribution is -2.35. The summed E-state index contributed by atoms with van der Waals surface area (Å²) in [6, 6.07) is 9.16. The SMILES string of the molecule is O=c1[nH]c(-c2ccc(C(F)(F)F)cc2)nc2c1CCN(Cc1c[nH]c3cc(F)ccc13)C2. The first-order valence-electron chi connectivity index (χ1n) is 10.1. The zero-order valence-electron chi connectivity index (χ0n) is 16.8. The van der Waals surface area contributed by atoms with Gasteiger partial charge in [0.25, 0.3) is 5.56 Å². The summed E-state index contributed by atoms with van der Waals surface area (Å²) in [5.74, 6) is -0.0658. The predicted molar refractivity (Wildman–Crippen MR) is 111 cm³/mol. The summed E-state index contributed by atoms with van der Waals surface area (Å²) in [4.78, 5) is 25.0. The van der Waals surface area contributed by atoms with Crippen molar-refractivity contribution in [2.75, 3.05) is 6.54 Å². The summed E-state index contributed by atoms with van der Waals surface area (Å²) in [6.45, 7) is 1.68. The molecule has 0 amide bonds. The highest BCUT2D eigenvalue weighted by molar-refractivity contribution is 5.83. The fourth-order valence-electron chi connectivity index (χ4n) is 4.11. The van der Waals surface area contributed by atoms with E-state index < -0.39 is 11.7 Å². The van der Waals surface area contributed by atoms with Crippen LogP contribution in [0, 0.1) is 5.82 Å². The quantitative estimate of drug-likeness (QED) is 0.455. The number of rotatable bonds is 3. The monoisotopic (exact) mass is 442 g/mol. The fourth-order valence-corrected chi connectivity index (χ4v) is 4.11. The number of H-pyrrole nitrogens is 2. The van der Waals surface area contributed by atoms with Gasteiger partial charge in [0.1, 0.15) is 11.6 Å². The van der Waals surface area contributed by atoms with Crippen LogP contribution in [-0.4, -0.2) is 26.4 Å². The van der Waals surface area contributed by atoms with Gasteiger partial charge in [-0.15, -0.1) is 0 Å². The van der Waals surface area contributed by atoms with Crippen LogP contribution in [0.5, 0.6) is 0 Å². The van der Waals surface area contributed by atoms with E-state index in [1.54, 1.807) is 6.07 Å². The standard InChI is InChI=1S/C23H18F4N4O/c24-16-5-6-17-14(10-28-19(17)9-16)11-31-8-7-18-20(12-31)29-21(30-22(18)32)13-1-3-15(4-2-13)23(25,26)27/h1-6,9-10,28H,7-8,11-12H2,(H,29,30,32). The van der Waals surface area contributed by atoms with Crippen LogP contribution in [0.1, 0.15) is 22.4 Å². The predicted octanol–water partition coefficient (Wildman–Crippen LogP) is 4.63. The van der Waals surface area contributed by atoms with E-state index in [1.165, 1.54) is 24.3 Å². The number of aromatic nitrogens is 3. The lowest BCUT2D eigenvalue weighted by molar-refractivity contribution is -0.137. The zero-order valence-corrected chi connectivity index (χ0v) is 16.8. The van der Waals surface area contributed by atoms with E-state index in [-0.39, 0.29) is 17.2 Å². The van der Waals surface area contributed by atoms with Crippen LogP contribution >= 0.6 is 0 Å². The highest BCUT2D eigenvalue weighted by Crippen LogP contribution is 2.30. The average molecular weight is 442 g/mol. The van der Waals surface area contributed by atoms with Crippen molar-refractivity contribution < 1.29 is 17.6 Å². The Balaban J connectivity index is 1.41. The second-order valence-corrected chi connectivity index (χ2v) is 7.88. The molecule has 5 rings (SSSR count). The highest BCUT2D eigenvalue weighted by atomic mass is 19.4. The van der Waals surface area contributed by atoms with Gasteiger partial charge in [0, 0.05) is 47.9 Å². The molecule has 0 bridgehead atoms. The smallest absolute Gasteiger partial charge is 0.361 e. The molecule has 0 saturated carbocycles. The van der Waals surface area contributed by atoms with Gasteiger partial charge >= 0.3 is 6.18 Å². The van der Waals surface area contributed by atoms with Gasteiger partial charge < -0.3 is 9.97 Å². The molecule has 5 nitrogen and oxygen atoms in total. The molecule has 0 radical (unpaired) electrons. The summed E-state index contributed by atoms with van der Waals surface area (Å²) >= 11 is 0. The van der Waals surface area contributed by atoms with Gasteiger partial charge in [0.2, 0.25) is 0 Å². The van der Waals surface area contributed by atoms with E-state index in [1.807, 2.05) is 6.20 Å². The van der Waals surface area contributed by atoms with Crippen LogP contribution in [0.4, 0.5) is 17.6 Å². The van der Waals surface area contributed by atoms with Gasteiger partial charge in [0.15, 0.2) is 0 Å². The second kappa shape index (κ2) is 7.59. The minimum absolute atomic E-state index is 0.242. The third-order valence-electron chi connectivity index (χ3n) is 5.76. The molecule has 4 aromatic rings. The van der Waals surface area contributed by atoms with Crippen LogP contribution in [0.15, 0.2) is 53.5 Å². The lowest BCUT2D eigenvalue weighted by atomic mass is 10.0. The number of benzene rings is 2. The third kappa shape index (κ3) is 3.80. The number of alkyl halides is 3. The Bertz CT molecular complexity index is 1360. The molecule has 2 aromatic carbocycles. The Kier molecular flexibility index (Phi) is 4.85. The maximum atomic E-state index is 13.4. The Labute approximate surface area is 179 Å². The van der Waals surface area contributed by atoms with Gasteiger partial charge in [-0.1, -0.05) is 12.1 Å². The molecule has 2 N–H and O–H groups in total. The van der Waals surface area contributed by atoms with Crippen LogP contribution < -0.4 is 5.56 Å². The molecule has 0 aliphatic carbocycles. The van der Waals surface area contributed by atoms with Crippen LogP contribution in [0.3, 0.4) is 0 Å². The molecule has 164 valence electrons. The topological polar surface area (TPSA) is 64.8 Å². The van der Waals surface area contributed by atoms with E-state index in [2.05, 4.69) is 19.9 Å². The molecule has 0 atom stereocenters. The zero-order chi connectivity index (χ0) is 22.5. The summed E-state index contributed by atoms with van der Waals surface area (Å²) in [5, 5.41) is 0.932. The van der Waals surface area contributed by atoms with Crippen LogP contribution in [0.25, 0.3) is 22.3 Å². The average Bonchev–Trinajstić information content (AvgIpc) is 3.14. The van der Waals surface area contributed by atoms with E-state index in [0.717, 1.165) is 28.6 Å². The van der Waals surface area contributed by atoms with Gasteiger partial charge in [-0.05, 0) is 42.3 Å². The first-order valence-corrected chi connectivity index (χ1v) is 10.1. The van der Waals surface area contributed by atoms with Crippen molar-refractivity contribution in [3.05, 3.63) is 87.2 Å². The number of halogens is 4. The highest BCUT2D eigenvalue weighted by Gasteiger charge is 2.30. The molecule has 9 heteroatoms. The Morgan fingerprint density at radius 3 is 2.62 bits per heavy atom. The first-order chi connectivity index (χ1) is 15.3. The summed E-state index contributed by atoms with van der Waals surface area (Å²) in [7, 11) is 0. The fraction of sp³-hybridized carbons (Fsp3) is 0.217. The largest absolute Gasteiger partial charge is 0.416 e. The number of aromatic amines is 2. The molecular weight excluding hydrogens is 424 g/mol. The molecule has 32 heavy (non-hydrogen) atoms. The normalized spacial score (nSPS) is 14.6.